The number of hydrogen-bond donors (Lipinski definition) is 1. The van der Waals surface area contributed by atoms with Crippen LogP contribution in [0, 0.1) is 0 Å². The smallest absolute Gasteiger partial charge is 0.273 e. The SMILES string of the molecule is CC(C)c1ccc(/C=C2/C(=O)NC(=O)N(C)C2=O)cc1. The molecular formula is C15H16N2O3. The number of imide groups is 2. The average Bonchev–Trinajstić information content (AvgIpc) is 2.42. The lowest BCUT2D eigenvalue weighted by molar-refractivity contribution is -0.129. The average molecular weight is 272 g/mol. The molecule has 5 nitrogen and oxygen atoms in total. The first-order chi connectivity index (χ1) is 9.40. The van der Waals surface area contributed by atoms with Crippen molar-refractivity contribution in [2.45, 2.75) is 19.8 Å². The summed E-state index contributed by atoms with van der Waals surface area (Å²) in [6.45, 7) is 4.18. The van der Waals surface area contributed by atoms with Crippen molar-refractivity contribution >= 4 is 23.9 Å². The molecule has 0 radical (unpaired) electrons. The molecule has 1 heterocycles. The van der Waals surface area contributed by atoms with Crippen molar-refractivity contribution in [2.24, 2.45) is 0 Å². The molecule has 5 heteroatoms. The number of nitrogens with one attached hydrogen (secondary N) is 1. The Hall–Kier alpha value is -2.43. The number of carbonyl (C=O) groups is 3. The van der Waals surface area contributed by atoms with Crippen LogP contribution in [0.1, 0.15) is 30.9 Å². The molecular weight excluding hydrogens is 256 g/mol. The summed E-state index contributed by atoms with van der Waals surface area (Å²) in [5.41, 5.74) is 1.89. The van der Waals surface area contributed by atoms with Crippen molar-refractivity contribution < 1.29 is 14.4 Å². The molecule has 0 saturated carbocycles. The van der Waals surface area contributed by atoms with Gasteiger partial charge < -0.3 is 0 Å². The van der Waals surface area contributed by atoms with Crippen LogP contribution in [-0.4, -0.2) is 29.8 Å². The van der Waals surface area contributed by atoms with E-state index >= 15 is 0 Å². The van der Waals surface area contributed by atoms with Gasteiger partial charge in [-0.1, -0.05) is 38.1 Å². The normalized spacial score (nSPS) is 17.9. The van der Waals surface area contributed by atoms with E-state index in [9.17, 15) is 14.4 Å². The molecule has 0 atom stereocenters. The number of amides is 4. The van der Waals surface area contributed by atoms with Crippen LogP contribution in [0.3, 0.4) is 0 Å². The maximum atomic E-state index is 11.9. The standard InChI is InChI=1S/C15H16N2O3/c1-9(2)11-6-4-10(5-7-11)8-12-13(18)16-15(20)17(3)14(12)19/h4-9H,1-3H3,(H,16,18,20)/b12-8-. The van der Waals surface area contributed by atoms with E-state index in [-0.39, 0.29) is 5.57 Å². The van der Waals surface area contributed by atoms with Crippen molar-refractivity contribution in [3.63, 3.8) is 0 Å². The third-order valence-electron chi connectivity index (χ3n) is 3.22. The molecule has 4 amide bonds. The zero-order chi connectivity index (χ0) is 14.9. The summed E-state index contributed by atoms with van der Waals surface area (Å²) < 4.78 is 0. The lowest BCUT2D eigenvalue weighted by Gasteiger charge is -2.22. The van der Waals surface area contributed by atoms with Gasteiger partial charge in [-0.25, -0.2) is 4.79 Å². The number of barbiturate groups is 1. The van der Waals surface area contributed by atoms with Crippen LogP contribution < -0.4 is 5.32 Å². The van der Waals surface area contributed by atoms with Crippen molar-refractivity contribution in [1.82, 2.24) is 10.2 Å². The number of rotatable bonds is 2. The Morgan fingerprint density at radius 1 is 1.10 bits per heavy atom. The Labute approximate surface area is 117 Å². The molecule has 0 spiro atoms. The highest BCUT2D eigenvalue weighted by molar-refractivity contribution is 6.30. The summed E-state index contributed by atoms with van der Waals surface area (Å²) in [6, 6.07) is 6.90. The fourth-order valence-electron chi connectivity index (χ4n) is 1.89. The van der Waals surface area contributed by atoms with Gasteiger partial charge >= 0.3 is 6.03 Å². The Morgan fingerprint density at radius 3 is 2.25 bits per heavy atom. The molecule has 20 heavy (non-hydrogen) atoms. The molecule has 1 aliphatic rings. The third kappa shape index (κ3) is 2.61. The van der Waals surface area contributed by atoms with Crippen LogP contribution in [-0.2, 0) is 9.59 Å². The molecule has 0 bridgehead atoms. The van der Waals surface area contributed by atoms with Crippen LogP contribution in [0.25, 0.3) is 6.08 Å². The van der Waals surface area contributed by atoms with Crippen molar-refractivity contribution in [3.8, 4) is 0 Å². The Morgan fingerprint density at radius 2 is 1.70 bits per heavy atom. The van der Waals surface area contributed by atoms with E-state index in [1.807, 2.05) is 24.3 Å². The highest BCUT2D eigenvalue weighted by Gasteiger charge is 2.32. The Kier molecular flexibility index (Phi) is 3.70. The summed E-state index contributed by atoms with van der Waals surface area (Å²) in [5, 5.41) is 2.12. The van der Waals surface area contributed by atoms with Crippen LogP contribution in [0.2, 0.25) is 0 Å². The van der Waals surface area contributed by atoms with Crippen LogP contribution in [0.5, 0.6) is 0 Å². The van der Waals surface area contributed by atoms with E-state index in [1.165, 1.54) is 18.7 Å². The lowest BCUT2D eigenvalue weighted by atomic mass is 10.0. The summed E-state index contributed by atoms with van der Waals surface area (Å²) in [4.78, 5) is 35.8. The van der Waals surface area contributed by atoms with Gasteiger partial charge in [-0.2, -0.15) is 0 Å². The van der Waals surface area contributed by atoms with E-state index in [4.69, 9.17) is 0 Å². The molecule has 104 valence electrons. The lowest BCUT2D eigenvalue weighted by Crippen LogP contribution is -2.52. The van der Waals surface area contributed by atoms with Crippen molar-refractivity contribution in [3.05, 3.63) is 41.0 Å². The summed E-state index contributed by atoms with van der Waals surface area (Å²) >= 11 is 0. The fourth-order valence-corrected chi connectivity index (χ4v) is 1.89. The summed E-state index contributed by atoms with van der Waals surface area (Å²) in [5.74, 6) is -0.835. The first-order valence-electron chi connectivity index (χ1n) is 6.35. The molecule has 2 rings (SSSR count). The second-order valence-electron chi connectivity index (χ2n) is 5.00. The van der Waals surface area contributed by atoms with E-state index in [0.717, 1.165) is 10.5 Å². The molecule has 1 aromatic carbocycles. The highest BCUT2D eigenvalue weighted by Crippen LogP contribution is 2.17. The minimum Gasteiger partial charge on any atom is -0.273 e. The molecule has 1 fully saturated rings. The number of carbonyl (C=O) groups excluding carboxylic acids is 3. The monoisotopic (exact) mass is 272 g/mol. The van der Waals surface area contributed by atoms with Gasteiger partial charge in [0.25, 0.3) is 11.8 Å². The minimum absolute atomic E-state index is 0.0376. The van der Waals surface area contributed by atoms with Crippen LogP contribution >= 0.6 is 0 Å². The van der Waals surface area contributed by atoms with Gasteiger partial charge in [0.1, 0.15) is 5.57 Å². The maximum absolute atomic E-state index is 11.9. The maximum Gasteiger partial charge on any atom is 0.331 e. The third-order valence-corrected chi connectivity index (χ3v) is 3.22. The number of nitrogens with zero attached hydrogens (tertiary/aromatic N) is 1. The molecule has 1 saturated heterocycles. The van der Waals surface area contributed by atoms with Gasteiger partial charge in [0, 0.05) is 7.05 Å². The zero-order valence-corrected chi connectivity index (χ0v) is 11.6. The van der Waals surface area contributed by atoms with Gasteiger partial charge in [-0.3, -0.25) is 19.8 Å². The van der Waals surface area contributed by atoms with Crippen molar-refractivity contribution in [1.29, 1.82) is 0 Å². The predicted molar refractivity (Wildman–Crippen MR) is 74.8 cm³/mol. The van der Waals surface area contributed by atoms with E-state index in [1.54, 1.807) is 0 Å². The summed E-state index contributed by atoms with van der Waals surface area (Å²) in [7, 11) is 1.33. The van der Waals surface area contributed by atoms with Crippen molar-refractivity contribution in [2.75, 3.05) is 7.05 Å². The molecule has 0 aliphatic carbocycles. The van der Waals surface area contributed by atoms with Gasteiger partial charge in [0.05, 0.1) is 0 Å². The largest absolute Gasteiger partial charge is 0.331 e. The molecule has 1 aromatic rings. The van der Waals surface area contributed by atoms with Crippen LogP contribution in [0.4, 0.5) is 4.79 Å². The van der Waals surface area contributed by atoms with Gasteiger partial charge in [-0.15, -0.1) is 0 Å². The number of benzene rings is 1. The first-order valence-corrected chi connectivity index (χ1v) is 6.35. The quantitative estimate of drug-likeness (QED) is 0.660. The van der Waals surface area contributed by atoms with E-state index in [2.05, 4.69) is 19.2 Å². The van der Waals surface area contributed by atoms with E-state index < -0.39 is 17.8 Å². The van der Waals surface area contributed by atoms with Gasteiger partial charge in [-0.05, 0) is 23.1 Å². The minimum atomic E-state index is -0.702. The number of hydrogen-bond acceptors (Lipinski definition) is 3. The Balaban J connectivity index is 2.31. The van der Waals surface area contributed by atoms with E-state index in [0.29, 0.717) is 5.92 Å². The second-order valence-corrected chi connectivity index (χ2v) is 5.00. The molecule has 0 unspecified atom stereocenters. The zero-order valence-electron chi connectivity index (χ0n) is 11.6. The molecule has 1 aliphatic heterocycles. The summed E-state index contributed by atoms with van der Waals surface area (Å²) in [6.07, 6.45) is 1.49. The predicted octanol–water partition coefficient (Wildman–Crippen LogP) is 1.90. The van der Waals surface area contributed by atoms with Gasteiger partial charge in [0.2, 0.25) is 0 Å². The van der Waals surface area contributed by atoms with Gasteiger partial charge in [0.15, 0.2) is 0 Å². The highest BCUT2D eigenvalue weighted by atomic mass is 16.2. The molecule has 1 N–H and O–H groups in total. The first kappa shape index (κ1) is 14.0. The molecule has 0 aromatic heterocycles. The number of urea groups is 1. The fraction of sp³-hybridized carbons (Fsp3) is 0.267. The number of likely N-dealkylation sites (N-methyl/N-ethyl adjacent to an activating group) is 1. The van der Waals surface area contributed by atoms with Crippen LogP contribution in [0.15, 0.2) is 29.8 Å². The second kappa shape index (κ2) is 5.28. The topological polar surface area (TPSA) is 66.5 Å². The Bertz CT molecular complexity index is 600.